The molecule has 2 rings (SSSR count). The molecule has 2 heterocycles. The van der Waals surface area contributed by atoms with E-state index < -0.39 is 31.9 Å². The molecule has 0 unspecified atom stereocenters. The summed E-state index contributed by atoms with van der Waals surface area (Å²) in [7, 11) is -7.53. The highest BCUT2D eigenvalue weighted by Gasteiger charge is 2.29. The van der Waals surface area contributed by atoms with Crippen molar-refractivity contribution >= 4 is 26.2 Å². The first-order valence-electron chi connectivity index (χ1n) is 6.43. The van der Waals surface area contributed by atoms with Crippen LogP contribution >= 0.6 is 0 Å². The maximum Gasteiger partial charge on any atom is 0.302 e. The molecule has 0 saturated carbocycles. The number of sulfonamides is 1. The molecule has 0 amide bonds. The minimum Gasteiger partial charge on any atom is -0.543 e. The summed E-state index contributed by atoms with van der Waals surface area (Å²) in [6.07, 6.45) is 2.96. The zero-order valence-electron chi connectivity index (χ0n) is 11.8. The first-order chi connectivity index (χ1) is 10.0. The average Bonchev–Trinajstić information content (AvgIpc) is 2.82. The molecule has 1 aliphatic heterocycles. The number of aromatic nitrogens is 1. The minimum atomic E-state index is -4.24. The summed E-state index contributed by atoms with van der Waals surface area (Å²) in [6, 6.07) is 1.37. The lowest BCUT2D eigenvalue weighted by atomic mass is 9.90. The van der Waals surface area contributed by atoms with Crippen LogP contribution in [0.2, 0.25) is 0 Å². The van der Waals surface area contributed by atoms with Gasteiger partial charge in [-0.15, -0.1) is 0 Å². The Hall–Kier alpha value is -1.43. The van der Waals surface area contributed by atoms with Crippen LogP contribution in [0.1, 0.15) is 34.8 Å². The van der Waals surface area contributed by atoms with Crippen LogP contribution in [-0.4, -0.2) is 50.4 Å². The second-order valence-corrected chi connectivity index (χ2v) is 8.59. The Morgan fingerprint density at radius 1 is 1.27 bits per heavy atom. The summed E-state index contributed by atoms with van der Waals surface area (Å²) in [5, 5.41) is 16.2. The topological polar surface area (TPSA) is 143 Å². The Bertz CT molecular complexity index is 788. The normalized spacial score (nSPS) is 18.5. The van der Waals surface area contributed by atoms with Gasteiger partial charge in [-0.25, -0.2) is 21.8 Å². The van der Waals surface area contributed by atoms with E-state index in [9.17, 15) is 26.7 Å². The van der Waals surface area contributed by atoms with Gasteiger partial charge in [-0.05, 0) is 30.4 Å². The van der Waals surface area contributed by atoms with Gasteiger partial charge in [0.25, 0.3) is 0 Å². The second-order valence-electron chi connectivity index (χ2n) is 5.18. The van der Waals surface area contributed by atoms with Crippen molar-refractivity contribution in [3.05, 3.63) is 23.5 Å². The first kappa shape index (κ1) is 16.9. The fraction of sp³-hybridized carbons (Fsp3) is 0.545. The van der Waals surface area contributed by atoms with Gasteiger partial charge in [-0.2, -0.15) is 8.42 Å². The summed E-state index contributed by atoms with van der Waals surface area (Å²) >= 11 is 0. The van der Waals surface area contributed by atoms with E-state index in [0.717, 1.165) is 12.5 Å². The molecular formula is C11H16N3O6S2-. The number of carbonyl (C=O) groups excluding carboxylic acids is 1. The number of hydrogen-bond acceptors (Lipinski definition) is 6. The fourth-order valence-corrected chi connectivity index (χ4v) is 4.22. The second kappa shape index (κ2) is 5.65. The molecule has 0 bridgehead atoms. The molecular weight excluding hydrogens is 334 g/mol. The smallest absolute Gasteiger partial charge is 0.302 e. The van der Waals surface area contributed by atoms with Crippen molar-refractivity contribution in [2.24, 2.45) is 5.14 Å². The number of rotatable bonds is 4. The standard InChI is InChI=1S/C11H17N3O6S2/c1-21(17,18)13-5-2-8(3-6-13)9-4-7-14(22(12,19)20)10(9)11(15)16/h4,7-8H,2-3,5-6H2,1H3,(H,15,16)(H2,12,19,20)/p-1. The SMILES string of the molecule is CS(=O)(=O)N1CCC(c2ccn(S(N)(=O)=O)c2C(=O)[O-])CC1. The predicted molar refractivity (Wildman–Crippen MR) is 75.7 cm³/mol. The number of nitrogens with zero attached hydrogens (tertiary/aromatic N) is 2. The number of carboxylic acids is 1. The van der Waals surface area contributed by atoms with E-state index in [1.807, 2.05) is 0 Å². The van der Waals surface area contributed by atoms with Crippen molar-refractivity contribution in [2.45, 2.75) is 18.8 Å². The average molecular weight is 350 g/mol. The van der Waals surface area contributed by atoms with E-state index in [4.69, 9.17) is 5.14 Å². The molecule has 124 valence electrons. The summed E-state index contributed by atoms with van der Waals surface area (Å²) in [6.45, 7) is 0.493. The van der Waals surface area contributed by atoms with Gasteiger partial charge < -0.3 is 9.90 Å². The van der Waals surface area contributed by atoms with Crippen LogP contribution in [0, 0.1) is 0 Å². The Balaban J connectivity index is 2.32. The van der Waals surface area contributed by atoms with Gasteiger partial charge in [0, 0.05) is 19.3 Å². The van der Waals surface area contributed by atoms with Crippen molar-refractivity contribution < 1.29 is 26.7 Å². The monoisotopic (exact) mass is 350 g/mol. The molecule has 0 radical (unpaired) electrons. The van der Waals surface area contributed by atoms with Crippen LogP contribution in [0.3, 0.4) is 0 Å². The number of aromatic carboxylic acids is 1. The van der Waals surface area contributed by atoms with E-state index in [2.05, 4.69) is 0 Å². The van der Waals surface area contributed by atoms with E-state index in [-0.39, 0.29) is 19.0 Å². The van der Waals surface area contributed by atoms with Gasteiger partial charge in [0.05, 0.1) is 17.9 Å². The van der Waals surface area contributed by atoms with Crippen LogP contribution in [-0.2, 0) is 20.2 Å². The quantitative estimate of drug-likeness (QED) is 0.668. The molecule has 1 aliphatic rings. The number of carbonyl (C=O) groups is 1. The molecule has 1 aromatic heterocycles. The third-order valence-corrected chi connectivity index (χ3v) is 5.87. The lowest BCUT2D eigenvalue weighted by Gasteiger charge is -2.30. The highest BCUT2D eigenvalue weighted by molar-refractivity contribution is 7.88. The number of hydrogen-bond donors (Lipinski definition) is 1. The Labute approximate surface area is 128 Å². The van der Waals surface area contributed by atoms with Gasteiger partial charge in [0.1, 0.15) is 0 Å². The number of piperidine rings is 1. The minimum absolute atomic E-state index is 0.247. The Kier molecular flexibility index (Phi) is 4.35. The summed E-state index contributed by atoms with van der Waals surface area (Å²) < 4.78 is 47.5. The molecule has 0 atom stereocenters. The van der Waals surface area contributed by atoms with Crippen LogP contribution in [0.4, 0.5) is 0 Å². The van der Waals surface area contributed by atoms with Crippen molar-refractivity contribution in [2.75, 3.05) is 19.3 Å². The maximum absolute atomic E-state index is 11.5. The molecule has 1 aromatic rings. The van der Waals surface area contributed by atoms with Gasteiger partial charge in [-0.1, -0.05) is 0 Å². The van der Waals surface area contributed by atoms with Gasteiger partial charge in [0.2, 0.25) is 10.0 Å². The van der Waals surface area contributed by atoms with Crippen molar-refractivity contribution in [1.82, 2.24) is 8.28 Å². The molecule has 9 nitrogen and oxygen atoms in total. The molecule has 1 saturated heterocycles. The Morgan fingerprint density at radius 2 is 1.82 bits per heavy atom. The largest absolute Gasteiger partial charge is 0.543 e. The summed E-state index contributed by atoms with van der Waals surface area (Å²) in [5.41, 5.74) is -0.206. The summed E-state index contributed by atoms with van der Waals surface area (Å²) in [5.74, 6) is -1.91. The molecule has 11 heteroatoms. The lowest BCUT2D eigenvalue weighted by Crippen LogP contribution is -2.38. The van der Waals surface area contributed by atoms with Crippen molar-refractivity contribution in [3.8, 4) is 0 Å². The van der Waals surface area contributed by atoms with E-state index in [1.54, 1.807) is 0 Å². The van der Waals surface area contributed by atoms with E-state index in [1.165, 1.54) is 10.4 Å². The first-order valence-corrected chi connectivity index (χ1v) is 9.78. The number of carboxylic acid groups (broad SMARTS) is 1. The van der Waals surface area contributed by atoms with Gasteiger partial charge in [0.15, 0.2) is 0 Å². The molecule has 1 fully saturated rings. The van der Waals surface area contributed by atoms with Crippen molar-refractivity contribution in [3.63, 3.8) is 0 Å². The van der Waals surface area contributed by atoms with Gasteiger partial charge in [-0.3, -0.25) is 0 Å². The molecule has 0 spiro atoms. The zero-order chi connectivity index (χ0) is 16.7. The molecule has 2 N–H and O–H groups in total. The molecule has 22 heavy (non-hydrogen) atoms. The van der Waals surface area contributed by atoms with Gasteiger partial charge >= 0.3 is 10.2 Å². The molecule has 0 aromatic carbocycles. The Morgan fingerprint density at radius 3 is 2.23 bits per heavy atom. The third kappa shape index (κ3) is 3.32. The third-order valence-electron chi connectivity index (χ3n) is 3.71. The van der Waals surface area contributed by atoms with Crippen LogP contribution in [0.5, 0.6) is 0 Å². The number of nitrogens with two attached hydrogens (primary N) is 1. The van der Waals surface area contributed by atoms with Crippen LogP contribution in [0.25, 0.3) is 0 Å². The summed E-state index contributed by atoms with van der Waals surface area (Å²) in [4.78, 5) is 11.3. The predicted octanol–water partition coefficient (Wildman–Crippen LogP) is -1.96. The van der Waals surface area contributed by atoms with Crippen molar-refractivity contribution in [1.29, 1.82) is 0 Å². The lowest BCUT2D eigenvalue weighted by molar-refractivity contribution is -0.255. The fourth-order valence-electron chi connectivity index (χ4n) is 2.68. The molecule has 0 aliphatic carbocycles. The van der Waals surface area contributed by atoms with Crippen LogP contribution < -0.4 is 10.2 Å². The van der Waals surface area contributed by atoms with Crippen LogP contribution in [0.15, 0.2) is 12.3 Å². The van der Waals surface area contributed by atoms with E-state index >= 15 is 0 Å². The van der Waals surface area contributed by atoms with E-state index in [0.29, 0.717) is 22.4 Å². The zero-order valence-corrected chi connectivity index (χ0v) is 13.4. The maximum atomic E-state index is 11.5. The highest BCUT2D eigenvalue weighted by atomic mass is 32.2. The highest BCUT2D eigenvalue weighted by Crippen LogP contribution is 2.32.